The van der Waals surface area contributed by atoms with Crippen LogP contribution in [0.4, 0.5) is 10.5 Å². The zero-order valence-corrected chi connectivity index (χ0v) is 13.9. The molecule has 0 aromatic heterocycles. The predicted octanol–water partition coefficient (Wildman–Crippen LogP) is 3.15. The highest BCUT2D eigenvalue weighted by Gasteiger charge is 2.24. The van der Waals surface area contributed by atoms with Gasteiger partial charge in [-0.05, 0) is 62.3 Å². The lowest BCUT2D eigenvalue weighted by Gasteiger charge is -2.31. The van der Waals surface area contributed by atoms with Gasteiger partial charge in [-0.3, -0.25) is 4.79 Å². The predicted molar refractivity (Wildman–Crippen MR) is 90.7 cm³/mol. The van der Waals surface area contributed by atoms with Crippen molar-refractivity contribution in [3.63, 3.8) is 0 Å². The van der Waals surface area contributed by atoms with E-state index in [1.165, 1.54) is 6.42 Å². The minimum absolute atomic E-state index is 0.0913. The summed E-state index contributed by atoms with van der Waals surface area (Å²) in [5.74, 6) is 0.662. The molecular weight excluding hydrogens is 290 g/mol. The maximum Gasteiger partial charge on any atom is 0.319 e. The quantitative estimate of drug-likeness (QED) is 0.900. The first-order chi connectivity index (χ1) is 11.0. The van der Waals surface area contributed by atoms with E-state index in [2.05, 4.69) is 17.6 Å². The number of likely N-dealkylation sites (tertiary alicyclic amines) is 1. The van der Waals surface area contributed by atoms with Crippen molar-refractivity contribution in [3.05, 3.63) is 29.3 Å². The van der Waals surface area contributed by atoms with Crippen molar-refractivity contribution in [2.45, 2.75) is 45.6 Å². The first-order valence-corrected chi connectivity index (χ1v) is 8.50. The molecule has 124 valence electrons. The van der Waals surface area contributed by atoms with Gasteiger partial charge in [0.25, 0.3) is 5.91 Å². The summed E-state index contributed by atoms with van der Waals surface area (Å²) >= 11 is 0. The summed E-state index contributed by atoms with van der Waals surface area (Å²) < 4.78 is 0. The summed E-state index contributed by atoms with van der Waals surface area (Å²) in [4.78, 5) is 26.4. The van der Waals surface area contributed by atoms with Gasteiger partial charge in [0.1, 0.15) is 0 Å². The lowest BCUT2D eigenvalue weighted by molar-refractivity contribution is 0.0683. The van der Waals surface area contributed by atoms with Crippen LogP contribution in [0.25, 0.3) is 0 Å². The Morgan fingerprint density at radius 1 is 1.22 bits per heavy atom. The van der Waals surface area contributed by atoms with Gasteiger partial charge in [0.15, 0.2) is 0 Å². The van der Waals surface area contributed by atoms with Gasteiger partial charge in [-0.25, -0.2) is 4.79 Å². The summed E-state index contributed by atoms with van der Waals surface area (Å²) in [6, 6.07) is 5.66. The van der Waals surface area contributed by atoms with Crippen molar-refractivity contribution in [2.75, 3.05) is 18.4 Å². The van der Waals surface area contributed by atoms with E-state index in [1.54, 1.807) is 6.07 Å². The third-order valence-electron chi connectivity index (χ3n) is 4.58. The number of rotatable bonds is 3. The van der Waals surface area contributed by atoms with Crippen LogP contribution in [0.3, 0.4) is 0 Å². The van der Waals surface area contributed by atoms with Crippen LogP contribution in [0, 0.1) is 12.8 Å². The fraction of sp³-hybridized carbons (Fsp3) is 0.556. The Morgan fingerprint density at radius 3 is 2.65 bits per heavy atom. The number of hydrogen-bond acceptors (Lipinski definition) is 2. The lowest BCUT2D eigenvalue weighted by atomic mass is 9.99. The minimum atomic E-state index is -0.167. The third-order valence-corrected chi connectivity index (χ3v) is 4.58. The number of carbonyl (C=O) groups excluding carboxylic acids is 2. The van der Waals surface area contributed by atoms with E-state index < -0.39 is 0 Å². The van der Waals surface area contributed by atoms with E-state index in [1.807, 2.05) is 24.0 Å². The number of urea groups is 1. The molecule has 1 saturated heterocycles. The van der Waals surface area contributed by atoms with Crippen LogP contribution in [-0.4, -0.2) is 36.0 Å². The summed E-state index contributed by atoms with van der Waals surface area (Å²) in [6.07, 6.45) is 4.40. The Bertz CT molecular complexity index is 610. The summed E-state index contributed by atoms with van der Waals surface area (Å²) in [7, 11) is 0. The van der Waals surface area contributed by atoms with E-state index in [0.717, 1.165) is 43.6 Å². The molecular formula is C18H25N3O2. The topological polar surface area (TPSA) is 61.4 Å². The highest BCUT2D eigenvalue weighted by molar-refractivity contribution is 5.96. The van der Waals surface area contributed by atoms with Crippen molar-refractivity contribution >= 4 is 17.6 Å². The van der Waals surface area contributed by atoms with Crippen LogP contribution >= 0.6 is 0 Å². The standard InChI is InChI=1S/C18H25N3O2/c1-12-4-3-9-21(11-12)17(22)14-5-8-16(13(2)10-14)20-18(23)19-15-6-7-15/h5,8,10,12,15H,3-4,6-7,9,11H2,1-2H3,(H2,19,20,23). The Labute approximate surface area is 137 Å². The van der Waals surface area contributed by atoms with E-state index in [-0.39, 0.29) is 11.9 Å². The van der Waals surface area contributed by atoms with Crippen molar-refractivity contribution in [3.8, 4) is 0 Å². The largest absolute Gasteiger partial charge is 0.338 e. The number of nitrogens with zero attached hydrogens (tertiary/aromatic N) is 1. The Hall–Kier alpha value is -2.04. The van der Waals surface area contributed by atoms with Gasteiger partial charge in [-0.15, -0.1) is 0 Å². The van der Waals surface area contributed by atoms with Gasteiger partial charge in [0, 0.05) is 30.4 Å². The van der Waals surface area contributed by atoms with Crippen molar-refractivity contribution in [1.29, 1.82) is 0 Å². The zero-order valence-electron chi connectivity index (χ0n) is 13.9. The first kappa shape index (κ1) is 15.8. The Morgan fingerprint density at radius 2 is 2.00 bits per heavy atom. The molecule has 2 N–H and O–H groups in total. The minimum Gasteiger partial charge on any atom is -0.338 e. The van der Waals surface area contributed by atoms with E-state index in [9.17, 15) is 9.59 Å². The molecule has 1 heterocycles. The molecule has 23 heavy (non-hydrogen) atoms. The monoisotopic (exact) mass is 315 g/mol. The van der Waals surface area contributed by atoms with Crippen molar-refractivity contribution in [2.24, 2.45) is 5.92 Å². The van der Waals surface area contributed by atoms with Gasteiger partial charge >= 0.3 is 6.03 Å². The van der Waals surface area contributed by atoms with Gasteiger partial charge < -0.3 is 15.5 Å². The smallest absolute Gasteiger partial charge is 0.319 e. The number of anilines is 1. The average Bonchev–Trinajstić information content (AvgIpc) is 3.32. The molecule has 1 saturated carbocycles. The third kappa shape index (κ3) is 4.03. The van der Waals surface area contributed by atoms with E-state index in [0.29, 0.717) is 17.5 Å². The number of nitrogens with one attached hydrogen (secondary N) is 2. The maximum atomic E-state index is 12.6. The summed E-state index contributed by atoms with van der Waals surface area (Å²) in [5.41, 5.74) is 2.36. The molecule has 3 rings (SSSR count). The van der Waals surface area contributed by atoms with Crippen LogP contribution in [0.2, 0.25) is 0 Å². The van der Waals surface area contributed by atoms with Crippen LogP contribution in [0.5, 0.6) is 0 Å². The number of benzene rings is 1. The van der Waals surface area contributed by atoms with Gasteiger partial charge in [0.2, 0.25) is 0 Å². The van der Waals surface area contributed by atoms with Crippen LogP contribution in [-0.2, 0) is 0 Å². The first-order valence-electron chi connectivity index (χ1n) is 8.50. The van der Waals surface area contributed by atoms with Gasteiger partial charge in [-0.1, -0.05) is 6.92 Å². The second-order valence-electron chi connectivity index (χ2n) is 6.90. The Kier molecular flexibility index (Phi) is 4.55. The number of carbonyl (C=O) groups is 2. The molecule has 1 unspecified atom stereocenters. The lowest BCUT2D eigenvalue weighted by Crippen LogP contribution is -2.39. The number of aryl methyl sites for hydroxylation is 1. The van der Waals surface area contributed by atoms with E-state index >= 15 is 0 Å². The van der Waals surface area contributed by atoms with Gasteiger partial charge in [0.05, 0.1) is 0 Å². The maximum absolute atomic E-state index is 12.6. The fourth-order valence-electron chi connectivity index (χ4n) is 3.06. The number of piperidine rings is 1. The normalized spacial score (nSPS) is 21.0. The van der Waals surface area contributed by atoms with Gasteiger partial charge in [-0.2, -0.15) is 0 Å². The van der Waals surface area contributed by atoms with Crippen LogP contribution in [0.15, 0.2) is 18.2 Å². The van der Waals surface area contributed by atoms with Crippen LogP contribution < -0.4 is 10.6 Å². The molecule has 5 heteroatoms. The molecule has 5 nitrogen and oxygen atoms in total. The summed E-state index contributed by atoms with van der Waals surface area (Å²) in [6.45, 7) is 5.78. The summed E-state index contributed by atoms with van der Waals surface area (Å²) in [5, 5.41) is 5.76. The second-order valence-corrected chi connectivity index (χ2v) is 6.90. The number of hydrogen-bond donors (Lipinski definition) is 2. The highest BCUT2D eigenvalue weighted by atomic mass is 16.2. The van der Waals surface area contributed by atoms with Crippen molar-refractivity contribution in [1.82, 2.24) is 10.2 Å². The molecule has 1 aliphatic carbocycles. The number of amides is 3. The molecule has 2 aliphatic rings. The molecule has 1 aliphatic heterocycles. The molecule has 1 aromatic rings. The molecule has 1 aromatic carbocycles. The molecule has 0 spiro atoms. The fourth-order valence-corrected chi connectivity index (χ4v) is 3.06. The molecule has 1 atom stereocenters. The SMILES string of the molecule is Cc1cc(C(=O)N2CCCC(C)C2)ccc1NC(=O)NC1CC1. The van der Waals surface area contributed by atoms with Crippen molar-refractivity contribution < 1.29 is 9.59 Å². The highest BCUT2D eigenvalue weighted by Crippen LogP contribution is 2.22. The average molecular weight is 315 g/mol. The Balaban J connectivity index is 1.65. The molecule has 2 fully saturated rings. The zero-order chi connectivity index (χ0) is 16.4. The van der Waals surface area contributed by atoms with E-state index in [4.69, 9.17) is 0 Å². The van der Waals surface area contributed by atoms with Crippen LogP contribution in [0.1, 0.15) is 48.5 Å². The molecule has 0 radical (unpaired) electrons. The molecule has 3 amide bonds. The second kappa shape index (κ2) is 6.60. The molecule has 0 bridgehead atoms.